The summed E-state index contributed by atoms with van der Waals surface area (Å²) in [4.78, 5) is 4.55. The SMILES string of the molecule is Cl.Nc1cccc(C2=NOC(O)N2)c1. The minimum absolute atomic E-state index is 0. The summed E-state index contributed by atoms with van der Waals surface area (Å²) in [6, 6.07) is 7.15. The summed E-state index contributed by atoms with van der Waals surface area (Å²) >= 11 is 0. The van der Waals surface area contributed by atoms with Gasteiger partial charge in [-0.1, -0.05) is 17.3 Å². The molecular formula is C8H10ClN3O2. The number of anilines is 1. The Morgan fingerprint density at radius 1 is 1.50 bits per heavy atom. The predicted molar refractivity (Wildman–Crippen MR) is 54.9 cm³/mol. The molecule has 0 fully saturated rings. The number of nitrogens with one attached hydrogen (secondary N) is 1. The van der Waals surface area contributed by atoms with E-state index in [1.54, 1.807) is 18.2 Å². The van der Waals surface area contributed by atoms with Crippen LogP contribution in [0.5, 0.6) is 0 Å². The van der Waals surface area contributed by atoms with Crippen molar-refractivity contribution in [1.82, 2.24) is 5.32 Å². The van der Waals surface area contributed by atoms with Crippen LogP contribution >= 0.6 is 12.4 Å². The molecule has 1 aliphatic heterocycles. The average molecular weight is 216 g/mol. The molecule has 1 unspecified atom stereocenters. The number of hydrogen-bond donors (Lipinski definition) is 3. The van der Waals surface area contributed by atoms with E-state index in [1.807, 2.05) is 6.07 Å². The molecule has 1 atom stereocenters. The first kappa shape index (κ1) is 10.6. The first-order chi connectivity index (χ1) is 6.25. The lowest BCUT2D eigenvalue weighted by Gasteiger charge is -2.02. The van der Waals surface area contributed by atoms with E-state index >= 15 is 0 Å². The Labute approximate surface area is 87.0 Å². The summed E-state index contributed by atoms with van der Waals surface area (Å²) in [6.07, 6.45) is -1.06. The third kappa shape index (κ3) is 2.07. The molecule has 0 saturated heterocycles. The van der Waals surface area contributed by atoms with Crippen molar-refractivity contribution in [2.75, 3.05) is 5.73 Å². The van der Waals surface area contributed by atoms with Gasteiger partial charge in [0.15, 0.2) is 5.84 Å². The monoisotopic (exact) mass is 215 g/mol. The van der Waals surface area contributed by atoms with Crippen LogP contribution in [0.3, 0.4) is 0 Å². The molecule has 0 spiro atoms. The van der Waals surface area contributed by atoms with E-state index in [9.17, 15) is 0 Å². The minimum Gasteiger partial charge on any atom is -0.399 e. The van der Waals surface area contributed by atoms with Gasteiger partial charge >= 0.3 is 6.41 Å². The molecule has 2 rings (SSSR count). The van der Waals surface area contributed by atoms with Gasteiger partial charge in [0.05, 0.1) is 0 Å². The average Bonchev–Trinajstić information content (AvgIpc) is 2.52. The fourth-order valence-electron chi connectivity index (χ4n) is 1.09. The predicted octanol–water partition coefficient (Wildman–Crippen LogP) is 0.248. The summed E-state index contributed by atoms with van der Waals surface area (Å²) in [5.74, 6) is 0.486. The van der Waals surface area contributed by atoms with Gasteiger partial charge in [-0.25, -0.2) is 0 Å². The number of hydrogen-bond acceptors (Lipinski definition) is 5. The number of benzene rings is 1. The standard InChI is InChI=1S/C8H9N3O2.ClH/c9-6-3-1-2-5(4-6)7-10-8(12)13-11-7;/h1-4,8,12H,9H2,(H,10,11);1H. The highest BCUT2D eigenvalue weighted by Gasteiger charge is 2.17. The summed E-state index contributed by atoms with van der Waals surface area (Å²) in [5, 5.41) is 15.2. The second kappa shape index (κ2) is 4.17. The lowest BCUT2D eigenvalue weighted by Crippen LogP contribution is -2.29. The largest absolute Gasteiger partial charge is 0.399 e. The van der Waals surface area contributed by atoms with E-state index in [0.29, 0.717) is 11.5 Å². The molecule has 0 bridgehead atoms. The zero-order chi connectivity index (χ0) is 9.26. The van der Waals surface area contributed by atoms with E-state index in [2.05, 4.69) is 15.3 Å². The van der Waals surface area contributed by atoms with Gasteiger partial charge in [0.1, 0.15) is 0 Å². The Morgan fingerprint density at radius 3 is 2.86 bits per heavy atom. The smallest absolute Gasteiger partial charge is 0.304 e. The van der Waals surface area contributed by atoms with Crippen molar-refractivity contribution in [3.05, 3.63) is 29.8 Å². The number of oxime groups is 1. The quantitative estimate of drug-likeness (QED) is 0.587. The molecule has 1 aromatic carbocycles. The molecule has 14 heavy (non-hydrogen) atoms. The van der Waals surface area contributed by atoms with Gasteiger partial charge in [0.2, 0.25) is 0 Å². The highest BCUT2D eigenvalue weighted by atomic mass is 35.5. The maximum atomic E-state index is 8.95. The van der Waals surface area contributed by atoms with Crippen molar-refractivity contribution in [2.24, 2.45) is 5.16 Å². The van der Waals surface area contributed by atoms with Crippen molar-refractivity contribution in [2.45, 2.75) is 6.41 Å². The Kier molecular flexibility index (Phi) is 3.16. The molecule has 0 saturated carbocycles. The van der Waals surface area contributed by atoms with Gasteiger partial charge in [-0.2, -0.15) is 0 Å². The van der Waals surface area contributed by atoms with Crippen LogP contribution in [0.1, 0.15) is 5.56 Å². The lowest BCUT2D eigenvalue weighted by atomic mass is 10.2. The number of nitrogen functional groups attached to an aromatic ring is 1. The van der Waals surface area contributed by atoms with E-state index in [1.165, 1.54) is 0 Å². The second-order valence-electron chi connectivity index (χ2n) is 2.67. The van der Waals surface area contributed by atoms with Crippen molar-refractivity contribution >= 4 is 23.9 Å². The van der Waals surface area contributed by atoms with E-state index in [-0.39, 0.29) is 12.4 Å². The molecule has 1 aromatic rings. The molecule has 0 aliphatic carbocycles. The zero-order valence-electron chi connectivity index (χ0n) is 7.18. The van der Waals surface area contributed by atoms with Crippen molar-refractivity contribution in [3.8, 4) is 0 Å². The number of amidine groups is 1. The highest BCUT2D eigenvalue weighted by molar-refractivity contribution is 5.99. The third-order valence-electron chi connectivity index (χ3n) is 1.66. The number of aliphatic hydroxyl groups excluding tert-OH is 1. The Morgan fingerprint density at radius 2 is 2.29 bits per heavy atom. The molecule has 6 heteroatoms. The van der Waals surface area contributed by atoms with Crippen molar-refractivity contribution < 1.29 is 9.94 Å². The molecule has 0 amide bonds. The molecular weight excluding hydrogens is 206 g/mol. The van der Waals surface area contributed by atoms with Crippen LogP contribution in [0.25, 0.3) is 0 Å². The maximum absolute atomic E-state index is 8.95. The van der Waals surface area contributed by atoms with Gasteiger partial charge in [0.25, 0.3) is 0 Å². The van der Waals surface area contributed by atoms with Crippen LogP contribution in [0, 0.1) is 0 Å². The summed E-state index contributed by atoms with van der Waals surface area (Å²) < 4.78 is 0. The normalized spacial score (nSPS) is 18.9. The number of halogens is 1. The third-order valence-corrected chi connectivity index (χ3v) is 1.66. The van der Waals surface area contributed by atoms with E-state index in [4.69, 9.17) is 10.8 Å². The Hall–Kier alpha value is -1.46. The fourth-order valence-corrected chi connectivity index (χ4v) is 1.09. The molecule has 0 aromatic heterocycles. The number of aliphatic hydroxyl groups is 1. The van der Waals surface area contributed by atoms with Gasteiger partial charge in [0, 0.05) is 11.3 Å². The van der Waals surface area contributed by atoms with Crippen molar-refractivity contribution in [3.63, 3.8) is 0 Å². The summed E-state index contributed by atoms with van der Waals surface area (Å²) in [5.41, 5.74) is 7.01. The molecule has 5 nitrogen and oxygen atoms in total. The van der Waals surface area contributed by atoms with Crippen LogP contribution in [-0.4, -0.2) is 17.4 Å². The number of rotatable bonds is 1. The Balaban J connectivity index is 0.000000980. The van der Waals surface area contributed by atoms with Gasteiger partial charge < -0.3 is 21.0 Å². The van der Waals surface area contributed by atoms with Gasteiger partial charge in [-0.15, -0.1) is 12.4 Å². The van der Waals surface area contributed by atoms with Gasteiger partial charge in [-0.05, 0) is 12.1 Å². The van der Waals surface area contributed by atoms with E-state index in [0.717, 1.165) is 5.56 Å². The lowest BCUT2D eigenvalue weighted by molar-refractivity contribution is -0.0896. The maximum Gasteiger partial charge on any atom is 0.304 e. The van der Waals surface area contributed by atoms with Crippen LogP contribution < -0.4 is 11.1 Å². The van der Waals surface area contributed by atoms with Crippen LogP contribution in [-0.2, 0) is 4.84 Å². The zero-order valence-corrected chi connectivity index (χ0v) is 7.99. The van der Waals surface area contributed by atoms with Gasteiger partial charge in [-0.3, -0.25) is 0 Å². The van der Waals surface area contributed by atoms with Crippen LogP contribution in [0.4, 0.5) is 5.69 Å². The molecule has 0 radical (unpaired) electrons. The number of nitrogens with zero attached hydrogens (tertiary/aromatic N) is 1. The molecule has 1 aliphatic rings. The first-order valence-electron chi connectivity index (χ1n) is 3.80. The first-order valence-corrected chi connectivity index (χ1v) is 3.80. The molecule has 76 valence electrons. The van der Waals surface area contributed by atoms with Crippen LogP contribution in [0.2, 0.25) is 0 Å². The molecule has 4 N–H and O–H groups in total. The fraction of sp³-hybridized carbons (Fsp3) is 0.125. The van der Waals surface area contributed by atoms with Crippen molar-refractivity contribution in [1.29, 1.82) is 0 Å². The summed E-state index contributed by atoms with van der Waals surface area (Å²) in [7, 11) is 0. The minimum atomic E-state index is -1.06. The van der Waals surface area contributed by atoms with E-state index < -0.39 is 6.41 Å². The topological polar surface area (TPSA) is 79.9 Å². The summed E-state index contributed by atoms with van der Waals surface area (Å²) in [6.45, 7) is 0. The highest BCUT2D eigenvalue weighted by Crippen LogP contribution is 2.09. The Bertz CT molecular complexity index is 356. The molecule has 1 heterocycles. The van der Waals surface area contributed by atoms with Crippen LogP contribution in [0.15, 0.2) is 29.4 Å². The second-order valence-corrected chi connectivity index (χ2v) is 2.67. The number of nitrogens with two attached hydrogens (primary N) is 1.